The molecule has 50 heavy (non-hydrogen) atoms. The number of hydrogen-bond donors (Lipinski definition) is 2. The number of fused-ring (bicyclic) bond motifs is 1. The minimum atomic E-state index is -0.588. The first-order valence-corrected chi connectivity index (χ1v) is 17.4. The summed E-state index contributed by atoms with van der Waals surface area (Å²) in [5, 5.41) is 17.9. The second kappa shape index (κ2) is 15.9. The summed E-state index contributed by atoms with van der Waals surface area (Å²) < 4.78 is 13.0. The molecule has 2 aromatic carbocycles. The summed E-state index contributed by atoms with van der Waals surface area (Å²) in [6, 6.07) is 11.8. The Hall–Kier alpha value is -4.73. The molecule has 1 aromatic heterocycles. The van der Waals surface area contributed by atoms with Gasteiger partial charge in [-0.05, 0) is 86.4 Å². The SMILES string of the molecule is [C-]#[N+]C1=C(C(=O)OC2C(C)CC(C)CC2C)c2nc(-c3cc(N(C)C)ccc3NCCOC)nn2/C1=N/c1ccc(N(CC)CCO)cc1C. The minimum absolute atomic E-state index is 0.0465. The van der Waals surface area contributed by atoms with E-state index in [1.54, 1.807) is 7.11 Å². The van der Waals surface area contributed by atoms with Crippen molar-refractivity contribution in [2.75, 3.05) is 69.2 Å². The first kappa shape index (κ1) is 36.5. The fourth-order valence-electron chi connectivity index (χ4n) is 7.16. The van der Waals surface area contributed by atoms with Gasteiger partial charge in [0.15, 0.2) is 17.5 Å². The van der Waals surface area contributed by atoms with Crippen LogP contribution in [0.2, 0.25) is 0 Å². The van der Waals surface area contributed by atoms with Crippen LogP contribution in [0.1, 0.15) is 51.9 Å². The van der Waals surface area contributed by atoms with Crippen LogP contribution in [0.5, 0.6) is 0 Å². The number of benzene rings is 2. The van der Waals surface area contributed by atoms with Gasteiger partial charge in [-0.2, -0.15) is 0 Å². The van der Waals surface area contributed by atoms with E-state index in [1.807, 2.05) is 69.2 Å². The zero-order valence-corrected chi connectivity index (χ0v) is 30.5. The number of likely N-dealkylation sites (N-methyl/N-ethyl adjacent to an activating group) is 1. The standard InChI is InChI=1S/C38H50N8O4/c1-10-45(16-17-47)28-12-13-30(24(3)21-28)41-37-33(39-6)32(38(48)50-34-25(4)19-23(2)20-26(34)5)36-42-35(43-46(36)37)29-22-27(44(7)8)11-14-31(29)40-15-18-49-9/h11-14,21-23,25-26,34,40,47H,10,15-20H2,1-5,7-9H3/b41-37+. The summed E-state index contributed by atoms with van der Waals surface area (Å²) in [6.45, 7) is 21.1. The number of nitrogens with one attached hydrogen (secondary N) is 1. The van der Waals surface area contributed by atoms with E-state index in [0.717, 1.165) is 47.6 Å². The zero-order chi connectivity index (χ0) is 36.1. The Balaban J connectivity index is 1.65. The first-order valence-electron chi connectivity index (χ1n) is 17.4. The number of aryl methyl sites for hydroxylation is 1. The molecule has 1 fully saturated rings. The largest absolute Gasteiger partial charge is 0.459 e. The molecule has 12 nitrogen and oxygen atoms in total. The van der Waals surface area contributed by atoms with E-state index in [-0.39, 0.29) is 47.5 Å². The molecule has 1 aliphatic carbocycles. The van der Waals surface area contributed by atoms with Gasteiger partial charge < -0.3 is 29.7 Å². The lowest BCUT2D eigenvalue weighted by Crippen LogP contribution is -2.37. The quantitative estimate of drug-likeness (QED) is 0.126. The normalized spacial score (nSPS) is 20.8. The summed E-state index contributed by atoms with van der Waals surface area (Å²) >= 11 is 0. The second-order valence-corrected chi connectivity index (χ2v) is 13.7. The molecule has 2 heterocycles. The molecule has 0 spiro atoms. The van der Waals surface area contributed by atoms with Crippen LogP contribution >= 0.6 is 0 Å². The number of esters is 1. The average molecular weight is 683 g/mol. The van der Waals surface area contributed by atoms with Crippen LogP contribution in [0, 0.1) is 31.2 Å². The van der Waals surface area contributed by atoms with Crippen LogP contribution in [-0.2, 0) is 14.3 Å². The van der Waals surface area contributed by atoms with Crippen LogP contribution < -0.4 is 15.1 Å². The molecule has 12 heteroatoms. The van der Waals surface area contributed by atoms with Crippen molar-refractivity contribution in [3.8, 4) is 11.4 Å². The molecule has 0 amide bonds. The van der Waals surface area contributed by atoms with Crippen molar-refractivity contribution in [1.82, 2.24) is 14.8 Å². The molecule has 0 bridgehead atoms. The average Bonchev–Trinajstić information content (AvgIpc) is 3.63. The highest BCUT2D eigenvalue weighted by Gasteiger charge is 2.41. The van der Waals surface area contributed by atoms with Crippen molar-refractivity contribution in [2.45, 2.75) is 53.6 Å². The van der Waals surface area contributed by atoms with Gasteiger partial charge in [-0.15, -0.1) is 5.10 Å². The van der Waals surface area contributed by atoms with Crippen molar-refractivity contribution in [2.24, 2.45) is 22.7 Å². The zero-order valence-electron chi connectivity index (χ0n) is 30.5. The number of aliphatic imine (C=N–C) groups is 1. The number of ether oxygens (including phenoxy) is 2. The van der Waals surface area contributed by atoms with Crippen LogP contribution in [0.4, 0.5) is 22.7 Å². The van der Waals surface area contributed by atoms with Gasteiger partial charge in [0.1, 0.15) is 11.7 Å². The third-order valence-electron chi connectivity index (χ3n) is 9.61. The Morgan fingerprint density at radius 1 is 1.14 bits per heavy atom. The fraction of sp³-hybridized carbons (Fsp3) is 0.500. The van der Waals surface area contributed by atoms with Gasteiger partial charge in [0, 0.05) is 63.5 Å². The predicted molar refractivity (Wildman–Crippen MR) is 199 cm³/mol. The number of hydrogen-bond acceptors (Lipinski definition) is 10. The lowest BCUT2D eigenvalue weighted by molar-refractivity contribution is -0.150. The van der Waals surface area contributed by atoms with Gasteiger partial charge in [0.25, 0.3) is 0 Å². The second-order valence-electron chi connectivity index (χ2n) is 13.7. The van der Waals surface area contributed by atoms with E-state index in [9.17, 15) is 9.90 Å². The molecule has 0 radical (unpaired) electrons. The summed E-state index contributed by atoms with van der Waals surface area (Å²) in [6.07, 6.45) is 1.65. The number of carbonyl (C=O) groups excluding carboxylic acids is 1. The molecule has 5 rings (SSSR count). The predicted octanol–water partition coefficient (Wildman–Crippen LogP) is 6.03. The Kier molecular flexibility index (Phi) is 11.6. The van der Waals surface area contributed by atoms with Gasteiger partial charge in [-0.3, -0.25) is 0 Å². The number of aliphatic hydroxyl groups is 1. The number of methoxy groups -OCH3 is 1. The molecule has 266 valence electrons. The van der Waals surface area contributed by atoms with Gasteiger partial charge in [0.05, 0.1) is 25.5 Å². The molecule has 1 saturated carbocycles. The van der Waals surface area contributed by atoms with E-state index in [2.05, 4.69) is 35.8 Å². The molecule has 2 atom stereocenters. The van der Waals surface area contributed by atoms with E-state index < -0.39 is 5.97 Å². The number of rotatable bonds is 13. The minimum Gasteiger partial charge on any atom is -0.459 e. The Morgan fingerprint density at radius 3 is 2.48 bits per heavy atom. The lowest BCUT2D eigenvalue weighted by Gasteiger charge is -2.37. The van der Waals surface area contributed by atoms with E-state index in [1.165, 1.54) is 4.68 Å². The molecule has 0 saturated heterocycles. The maximum absolute atomic E-state index is 14.2. The van der Waals surface area contributed by atoms with Crippen LogP contribution in [0.15, 0.2) is 47.1 Å². The smallest absolute Gasteiger partial charge is 0.331 e. The maximum Gasteiger partial charge on any atom is 0.331 e. The molecule has 2 N–H and O–H groups in total. The monoisotopic (exact) mass is 682 g/mol. The molecule has 2 aliphatic rings. The van der Waals surface area contributed by atoms with Crippen molar-refractivity contribution >= 4 is 40.1 Å². The lowest BCUT2D eigenvalue weighted by atomic mass is 9.75. The number of nitrogens with zero attached hydrogens (tertiary/aromatic N) is 7. The van der Waals surface area contributed by atoms with Crippen molar-refractivity contribution in [3.05, 3.63) is 64.9 Å². The Morgan fingerprint density at radius 2 is 1.86 bits per heavy atom. The molecule has 3 aromatic rings. The van der Waals surface area contributed by atoms with E-state index in [4.69, 9.17) is 31.1 Å². The van der Waals surface area contributed by atoms with Crippen LogP contribution in [0.25, 0.3) is 21.8 Å². The summed E-state index contributed by atoms with van der Waals surface area (Å²) in [7, 11) is 5.58. The summed E-state index contributed by atoms with van der Waals surface area (Å²) in [5.74, 6) is 1.16. The molecular formula is C38H50N8O4. The number of anilines is 3. The molecule has 2 unspecified atom stereocenters. The van der Waals surface area contributed by atoms with Crippen LogP contribution in [0.3, 0.4) is 0 Å². The van der Waals surface area contributed by atoms with Gasteiger partial charge in [-0.25, -0.2) is 24.3 Å². The van der Waals surface area contributed by atoms with Crippen molar-refractivity contribution in [1.29, 1.82) is 0 Å². The van der Waals surface area contributed by atoms with Crippen molar-refractivity contribution in [3.63, 3.8) is 0 Å². The topological polar surface area (TPSA) is 122 Å². The third kappa shape index (κ3) is 7.54. The Labute approximate surface area is 295 Å². The number of aromatic nitrogens is 3. The molecule has 1 aliphatic heterocycles. The third-order valence-corrected chi connectivity index (χ3v) is 9.61. The number of aliphatic hydroxyl groups excluding tert-OH is 1. The number of allylic oxidation sites excluding steroid dienone is 1. The van der Waals surface area contributed by atoms with Crippen molar-refractivity contribution < 1.29 is 19.4 Å². The maximum atomic E-state index is 14.2. The highest BCUT2D eigenvalue weighted by atomic mass is 16.5. The van der Waals surface area contributed by atoms with Crippen LogP contribution in [-0.4, -0.2) is 91.8 Å². The highest BCUT2D eigenvalue weighted by Crippen LogP contribution is 2.39. The first-order chi connectivity index (χ1) is 24.0. The highest BCUT2D eigenvalue weighted by molar-refractivity contribution is 6.29. The van der Waals surface area contributed by atoms with Gasteiger partial charge >= 0.3 is 5.97 Å². The van der Waals surface area contributed by atoms with Gasteiger partial charge in [0.2, 0.25) is 5.70 Å². The van der Waals surface area contributed by atoms with E-state index >= 15 is 0 Å². The van der Waals surface area contributed by atoms with E-state index in [0.29, 0.717) is 37.1 Å². The fourth-order valence-corrected chi connectivity index (χ4v) is 7.16. The number of carbonyl (C=O) groups is 1. The molecular weight excluding hydrogens is 632 g/mol. The van der Waals surface area contributed by atoms with Gasteiger partial charge in [-0.1, -0.05) is 20.8 Å². The Bertz CT molecular complexity index is 1790. The summed E-state index contributed by atoms with van der Waals surface area (Å²) in [4.78, 5) is 32.0. The summed E-state index contributed by atoms with van der Waals surface area (Å²) in [5.41, 5.74) is 5.08.